The lowest BCUT2D eigenvalue weighted by atomic mass is 10.0. The highest BCUT2D eigenvalue weighted by molar-refractivity contribution is 7.17. The van der Waals surface area contributed by atoms with Crippen LogP contribution in [0.5, 0.6) is 0 Å². The van der Waals surface area contributed by atoms with E-state index in [1.807, 2.05) is 48.5 Å². The van der Waals surface area contributed by atoms with E-state index in [9.17, 15) is 9.59 Å². The molecule has 7 heteroatoms. The first kappa shape index (κ1) is 22.7. The van der Waals surface area contributed by atoms with Gasteiger partial charge >= 0.3 is 0 Å². The van der Waals surface area contributed by atoms with Crippen molar-refractivity contribution in [2.45, 2.75) is 19.5 Å². The van der Waals surface area contributed by atoms with E-state index >= 15 is 0 Å². The molecule has 0 atom stereocenters. The second-order valence-corrected chi connectivity index (χ2v) is 8.36. The third-order valence-corrected chi connectivity index (χ3v) is 6.23. The van der Waals surface area contributed by atoms with Gasteiger partial charge in [0.2, 0.25) is 5.91 Å². The number of anilines is 1. The van der Waals surface area contributed by atoms with E-state index < -0.39 is 5.91 Å². The molecule has 3 aromatic rings. The predicted octanol–water partition coefficient (Wildman–Crippen LogP) is 4.48. The number of thiophene rings is 1. The van der Waals surface area contributed by atoms with Gasteiger partial charge in [-0.1, -0.05) is 60.7 Å². The van der Waals surface area contributed by atoms with Crippen LogP contribution in [0.2, 0.25) is 0 Å². The van der Waals surface area contributed by atoms with Crippen LogP contribution in [0.1, 0.15) is 31.9 Å². The number of rotatable bonds is 6. The fraction of sp³-hybridized carbons (Fsp3) is 0.167. The van der Waals surface area contributed by atoms with Crippen LogP contribution in [0.15, 0.2) is 66.7 Å². The number of hydrogen-bond donors (Lipinski definition) is 2. The molecule has 0 saturated carbocycles. The van der Waals surface area contributed by atoms with Gasteiger partial charge in [0.1, 0.15) is 5.00 Å². The summed E-state index contributed by atoms with van der Waals surface area (Å²) >= 11 is 1.45. The van der Waals surface area contributed by atoms with Gasteiger partial charge in [-0.15, -0.1) is 23.7 Å². The van der Waals surface area contributed by atoms with E-state index in [1.165, 1.54) is 23.0 Å². The van der Waals surface area contributed by atoms with Gasteiger partial charge in [-0.2, -0.15) is 0 Å². The number of halogens is 1. The minimum atomic E-state index is -0.494. The Morgan fingerprint density at radius 3 is 2.42 bits per heavy atom. The first-order valence-corrected chi connectivity index (χ1v) is 10.7. The number of nitrogens with two attached hydrogens (primary N) is 1. The Hall–Kier alpha value is -2.93. The predicted molar refractivity (Wildman–Crippen MR) is 128 cm³/mol. The Morgan fingerprint density at radius 1 is 1.06 bits per heavy atom. The summed E-state index contributed by atoms with van der Waals surface area (Å²) in [4.78, 5) is 28.0. The summed E-state index contributed by atoms with van der Waals surface area (Å²) in [6, 6.07) is 19.9. The van der Waals surface area contributed by atoms with Crippen LogP contribution in [0.25, 0.3) is 6.08 Å². The van der Waals surface area contributed by atoms with Gasteiger partial charge in [0, 0.05) is 30.6 Å². The van der Waals surface area contributed by atoms with Gasteiger partial charge < -0.3 is 11.1 Å². The van der Waals surface area contributed by atoms with Gasteiger partial charge in [-0.3, -0.25) is 14.5 Å². The maximum absolute atomic E-state index is 12.4. The molecule has 2 aromatic carbocycles. The molecule has 5 nitrogen and oxygen atoms in total. The van der Waals surface area contributed by atoms with Gasteiger partial charge in [0.15, 0.2) is 0 Å². The first-order chi connectivity index (χ1) is 14.6. The minimum absolute atomic E-state index is 0. The quantitative estimate of drug-likeness (QED) is 0.540. The van der Waals surface area contributed by atoms with Gasteiger partial charge in [-0.25, -0.2) is 0 Å². The standard InChI is InChI=1S/C24H23N3O2S.ClH/c25-23(29)22-19-13-14-27(15-18-9-5-2-6-10-18)16-20(19)30-24(22)26-21(28)12-11-17-7-3-1-4-8-17;/h1-12H,13-16H2,(H2,25,29)(H,26,28);1H/b12-11+;. The van der Waals surface area contributed by atoms with Crippen LogP contribution in [0.4, 0.5) is 5.00 Å². The molecule has 160 valence electrons. The Morgan fingerprint density at radius 2 is 1.74 bits per heavy atom. The van der Waals surface area contributed by atoms with Crippen LogP contribution >= 0.6 is 23.7 Å². The Bertz CT molecular complexity index is 1080. The molecule has 4 rings (SSSR count). The fourth-order valence-electron chi connectivity index (χ4n) is 3.67. The first-order valence-electron chi connectivity index (χ1n) is 9.85. The van der Waals surface area contributed by atoms with Crippen molar-refractivity contribution >= 4 is 46.6 Å². The van der Waals surface area contributed by atoms with Crippen molar-refractivity contribution in [3.63, 3.8) is 0 Å². The molecule has 0 fully saturated rings. The molecule has 1 aromatic heterocycles. The summed E-state index contributed by atoms with van der Waals surface area (Å²) < 4.78 is 0. The molecule has 0 unspecified atom stereocenters. The molecule has 1 aliphatic heterocycles. The number of benzene rings is 2. The van der Waals surface area contributed by atoms with E-state index in [0.717, 1.165) is 42.1 Å². The van der Waals surface area contributed by atoms with Gasteiger partial charge in [-0.05, 0) is 29.2 Å². The van der Waals surface area contributed by atoms with E-state index in [2.05, 4.69) is 22.3 Å². The lowest BCUT2D eigenvalue weighted by molar-refractivity contribution is -0.111. The Labute approximate surface area is 192 Å². The highest BCUT2D eigenvalue weighted by Gasteiger charge is 2.27. The lowest BCUT2D eigenvalue weighted by Crippen LogP contribution is -2.30. The Balaban J connectivity index is 0.00000272. The van der Waals surface area contributed by atoms with Gasteiger partial charge in [0.25, 0.3) is 5.91 Å². The lowest BCUT2D eigenvalue weighted by Gasteiger charge is -2.27. The highest BCUT2D eigenvalue weighted by atomic mass is 35.5. The molecule has 0 radical (unpaired) electrons. The van der Waals surface area contributed by atoms with Crippen LogP contribution in [-0.4, -0.2) is 23.3 Å². The molecule has 2 heterocycles. The average Bonchev–Trinajstić information content (AvgIpc) is 3.11. The van der Waals surface area contributed by atoms with E-state index in [0.29, 0.717) is 10.6 Å². The number of carbonyl (C=O) groups excluding carboxylic acids is 2. The van der Waals surface area contributed by atoms with Crippen molar-refractivity contribution in [2.24, 2.45) is 5.73 Å². The van der Waals surface area contributed by atoms with Crippen LogP contribution in [0, 0.1) is 0 Å². The van der Waals surface area contributed by atoms with Crippen molar-refractivity contribution in [3.05, 3.63) is 93.9 Å². The number of hydrogen-bond acceptors (Lipinski definition) is 4. The maximum atomic E-state index is 12.4. The second kappa shape index (κ2) is 10.4. The molecule has 0 aliphatic carbocycles. The van der Waals surface area contributed by atoms with Crippen molar-refractivity contribution < 1.29 is 9.59 Å². The topological polar surface area (TPSA) is 75.4 Å². The molecule has 0 spiro atoms. The van der Waals surface area contributed by atoms with E-state index in [1.54, 1.807) is 6.08 Å². The van der Waals surface area contributed by atoms with Crippen molar-refractivity contribution in [1.29, 1.82) is 0 Å². The number of carbonyl (C=O) groups is 2. The number of amides is 2. The molecule has 3 N–H and O–H groups in total. The number of nitrogens with one attached hydrogen (secondary N) is 1. The smallest absolute Gasteiger partial charge is 0.251 e. The molecule has 0 bridgehead atoms. The summed E-state index contributed by atoms with van der Waals surface area (Å²) in [7, 11) is 0. The zero-order chi connectivity index (χ0) is 20.9. The second-order valence-electron chi connectivity index (χ2n) is 7.25. The number of nitrogens with zero attached hydrogens (tertiary/aromatic N) is 1. The fourth-order valence-corrected chi connectivity index (χ4v) is 4.97. The molecule has 2 amide bonds. The number of fused-ring (bicyclic) bond motifs is 1. The van der Waals surface area contributed by atoms with Crippen LogP contribution in [-0.2, 0) is 24.3 Å². The van der Waals surface area contributed by atoms with Crippen molar-refractivity contribution in [2.75, 3.05) is 11.9 Å². The molecule has 31 heavy (non-hydrogen) atoms. The summed E-state index contributed by atoms with van der Waals surface area (Å²) in [6.07, 6.45) is 3.96. The van der Waals surface area contributed by atoms with E-state index in [-0.39, 0.29) is 18.3 Å². The third kappa shape index (κ3) is 5.61. The SMILES string of the molecule is Cl.NC(=O)c1c(NC(=O)/C=C/c2ccccc2)sc2c1CCN(Cc1ccccc1)C2. The summed E-state index contributed by atoms with van der Waals surface area (Å²) in [6.45, 7) is 2.44. The van der Waals surface area contributed by atoms with E-state index in [4.69, 9.17) is 5.73 Å². The maximum Gasteiger partial charge on any atom is 0.251 e. The highest BCUT2D eigenvalue weighted by Crippen LogP contribution is 2.37. The van der Waals surface area contributed by atoms with Crippen molar-refractivity contribution in [1.82, 2.24) is 4.90 Å². The normalized spacial score (nSPS) is 13.4. The molecular weight excluding hydrogens is 430 g/mol. The average molecular weight is 454 g/mol. The largest absolute Gasteiger partial charge is 0.365 e. The molecule has 0 saturated heterocycles. The van der Waals surface area contributed by atoms with Crippen LogP contribution < -0.4 is 11.1 Å². The summed E-state index contributed by atoms with van der Waals surface area (Å²) in [5, 5.41) is 3.40. The summed E-state index contributed by atoms with van der Waals surface area (Å²) in [5.41, 5.74) is 9.28. The molecule has 1 aliphatic rings. The third-order valence-electron chi connectivity index (χ3n) is 5.09. The summed E-state index contributed by atoms with van der Waals surface area (Å²) in [5.74, 6) is -0.771. The number of primary amides is 1. The van der Waals surface area contributed by atoms with Gasteiger partial charge in [0.05, 0.1) is 5.56 Å². The zero-order valence-electron chi connectivity index (χ0n) is 16.9. The molecular formula is C24H24ClN3O2S. The Kier molecular flexibility index (Phi) is 7.63. The minimum Gasteiger partial charge on any atom is -0.365 e. The monoisotopic (exact) mass is 453 g/mol. The zero-order valence-corrected chi connectivity index (χ0v) is 18.5. The van der Waals surface area contributed by atoms with Crippen molar-refractivity contribution in [3.8, 4) is 0 Å². The van der Waals surface area contributed by atoms with Crippen LogP contribution in [0.3, 0.4) is 0 Å².